The Morgan fingerprint density at radius 1 is 1.23 bits per heavy atom. The summed E-state index contributed by atoms with van der Waals surface area (Å²) in [5.41, 5.74) is 0.846. The normalized spacial score (nSPS) is 22.6. The first-order valence-corrected chi connectivity index (χ1v) is 9.29. The Kier molecular flexibility index (Phi) is 5.51. The predicted octanol–water partition coefficient (Wildman–Crippen LogP) is 2.71. The van der Waals surface area contributed by atoms with Crippen molar-refractivity contribution in [1.29, 1.82) is 0 Å². The lowest BCUT2D eigenvalue weighted by Crippen LogP contribution is -2.47. The third kappa shape index (κ3) is 3.70. The lowest BCUT2D eigenvalue weighted by molar-refractivity contribution is -0.128. The second kappa shape index (κ2) is 7.66. The van der Waals surface area contributed by atoms with E-state index in [1.54, 1.807) is 7.11 Å². The highest BCUT2D eigenvalue weighted by Crippen LogP contribution is 2.37. The summed E-state index contributed by atoms with van der Waals surface area (Å²) in [4.78, 5) is 26.7. The van der Waals surface area contributed by atoms with E-state index in [-0.39, 0.29) is 17.4 Å². The molecule has 2 fully saturated rings. The summed E-state index contributed by atoms with van der Waals surface area (Å²) >= 11 is 0. The number of nitrogens with one attached hydrogen (secondary N) is 1. The number of imide groups is 1. The third-order valence-corrected chi connectivity index (χ3v) is 5.43. The van der Waals surface area contributed by atoms with E-state index in [4.69, 9.17) is 9.47 Å². The van der Waals surface area contributed by atoms with E-state index in [1.807, 2.05) is 24.3 Å². The van der Waals surface area contributed by atoms with Crippen LogP contribution in [0.4, 0.5) is 4.79 Å². The van der Waals surface area contributed by atoms with Crippen molar-refractivity contribution in [2.24, 2.45) is 5.92 Å². The minimum Gasteiger partial charge on any atom is -0.497 e. The molecule has 2 aliphatic heterocycles. The molecule has 0 radical (unpaired) electrons. The van der Waals surface area contributed by atoms with Crippen LogP contribution < -0.4 is 10.1 Å². The van der Waals surface area contributed by atoms with E-state index in [2.05, 4.69) is 19.2 Å². The third-order valence-electron chi connectivity index (χ3n) is 5.43. The first-order chi connectivity index (χ1) is 12.4. The highest BCUT2D eigenvalue weighted by atomic mass is 16.5. The molecule has 6 nitrogen and oxygen atoms in total. The number of urea groups is 1. The number of amides is 3. The van der Waals surface area contributed by atoms with Gasteiger partial charge >= 0.3 is 6.03 Å². The molecular formula is C20H28N2O4. The van der Waals surface area contributed by atoms with Gasteiger partial charge in [0.15, 0.2) is 0 Å². The largest absolute Gasteiger partial charge is 0.497 e. The predicted molar refractivity (Wildman–Crippen MR) is 98.2 cm³/mol. The van der Waals surface area contributed by atoms with E-state index >= 15 is 0 Å². The number of benzene rings is 1. The Balaban J connectivity index is 1.84. The molecule has 0 aromatic heterocycles. The van der Waals surface area contributed by atoms with Gasteiger partial charge in [-0.15, -0.1) is 0 Å². The number of hydrogen-bond acceptors (Lipinski definition) is 4. The first kappa shape index (κ1) is 18.7. The fourth-order valence-corrected chi connectivity index (χ4v) is 3.91. The van der Waals surface area contributed by atoms with Crippen LogP contribution in [0.5, 0.6) is 5.75 Å². The number of carbonyl (C=O) groups is 2. The van der Waals surface area contributed by atoms with Gasteiger partial charge < -0.3 is 14.8 Å². The number of methoxy groups -OCH3 is 1. The number of rotatable bonds is 6. The molecule has 1 aromatic carbocycles. The van der Waals surface area contributed by atoms with Gasteiger partial charge in [-0.25, -0.2) is 4.79 Å². The van der Waals surface area contributed by atoms with Crippen molar-refractivity contribution in [3.8, 4) is 5.75 Å². The molecule has 0 bridgehead atoms. The fourth-order valence-electron chi connectivity index (χ4n) is 3.91. The standard InChI is InChI=1S/C20H28N2O4/c1-14(2)12-17-18(23)22(19(24)21-17)13-20(8-10-26-11-9-20)15-4-6-16(25-3)7-5-15/h4-7,14,17H,8-13H2,1-3H3,(H,21,24)/t17-/m1/s1. The van der Waals surface area contributed by atoms with Gasteiger partial charge in [-0.2, -0.15) is 0 Å². The van der Waals surface area contributed by atoms with Gasteiger partial charge in [0, 0.05) is 25.2 Å². The molecule has 3 rings (SSSR count). The minimum absolute atomic E-state index is 0.108. The Hall–Kier alpha value is -2.08. The summed E-state index contributed by atoms with van der Waals surface area (Å²) in [5.74, 6) is 1.04. The van der Waals surface area contributed by atoms with E-state index in [9.17, 15) is 9.59 Å². The highest BCUT2D eigenvalue weighted by Gasteiger charge is 2.44. The van der Waals surface area contributed by atoms with Crippen molar-refractivity contribution < 1.29 is 19.1 Å². The molecular weight excluding hydrogens is 332 g/mol. The molecule has 0 spiro atoms. The van der Waals surface area contributed by atoms with Crippen LogP contribution in [0.25, 0.3) is 0 Å². The van der Waals surface area contributed by atoms with Crippen LogP contribution in [-0.4, -0.2) is 49.7 Å². The van der Waals surface area contributed by atoms with Crippen molar-refractivity contribution >= 4 is 11.9 Å². The number of nitrogens with zero attached hydrogens (tertiary/aromatic N) is 1. The zero-order chi connectivity index (χ0) is 18.7. The second-order valence-electron chi connectivity index (χ2n) is 7.68. The lowest BCUT2D eigenvalue weighted by atomic mass is 9.73. The molecule has 1 N–H and O–H groups in total. The first-order valence-electron chi connectivity index (χ1n) is 9.29. The summed E-state index contributed by atoms with van der Waals surface area (Å²) in [6, 6.07) is 7.25. The van der Waals surface area contributed by atoms with E-state index < -0.39 is 6.04 Å². The second-order valence-corrected chi connectivity index (χ2v) is 7.68. The maximum absolute atomic E-state index is 12.8. The van der Waals surface area contributed by atoms with E-state index in [1.165, 1.54) is 4.90 Å². The SMILES string of the molecule is COc1ccc(C2(CN3C(=O)N[C@H](CC(C)C)C3=O)CCOCC2)cc1. The van der Waals surface area contributed by atoms with Crippen LogP contribution in [0.15, 0.2) is 24.3 Å². The summed E-state index contributed by atoms with van der Waals surface area (Å²) in [7, 11) is 1.64. The molecule has 2 heterocycles. The van der Waals surface area contributed by atoms with Crippen LogP contribution in [0, 0.1) is 5.92 Å². The van der Waals surface area contributed by atoms with Crippen LogP contribution in [0.1, 0.15) is 38.7 Å². The zero-order valence-corrected chi connectivity index (χ0v) is 15.8. The molecule has 0 saturated carbocycles. The van der Waals surface area contributed by atoms with Gasteiger partial charge in [0.05, 0.1) is 7.11 Å². The van der Waals surface area contributed by atoms with Crippen LogP contribution in [0.2, 0.25) is 0 Å². The summed E-state index contributed by atoms with van der Waals surface area (Å²) < 4.78 is 10.8. The van der Waals surface area contributed by atoms with Gasteiger partial charge in [-0.3, -0.25) is 9.69 Å². The van der Waals surface area contributed by atoms with Gasteiger partial charge in [0.1, 0.15) is 11.8 Å². The van der Waals surface area contributed by atoms with Crippen molar-refractivity contribution in [3.05, 3.63) is 29.8 Å². The number of ether oxygens (including phenoxy) is 2. The minimum atomic E-state index is -0.407. The molecule has 2 aliphatic rings. The van der Waals surface area contributed by atoms with E-state index in [0.717, 1.165) is 24.2 Å². The quantitative estimate of drug-likeness (QED) is 0.792. The fraction of sp³-hybridized carbons (Fsp3) is 0.600. The Morgan fingerprint density at radius 3 is 2.46 bits per heavy atom. The lowest BCUT2D eigenvalue weighted by Gasteiger charge is -2.39. The van der Waals surface area contributed by atoms with Crippen LogP contribution in [-0.2, 0) is 14.9 Å². The molecule has 0 unspecified atom stereocenters. The molecule has 26 heavy (non-hydrogen) atoms. The Bertz CT molecular complexity index is 650. The molecule has 142 valence electrons. The Morgan fingerprint density at radius 2 is 1.88 bits per heavy atom. The zero-order valence-electron chi connectivity index (χ0n) is 15.8. The molecule has 6 heteroatoms. The summed E-state index contributed by atoms with van der Waals surface area (Å²) in [5, 5.41) is 2.85. The Labute approximate surface area is 154 Å². The monoisotopic (exact) mass is 360 g/mol. The molecule has 1 atom stereocenters. The summed E-state index contributed by atoms with van der Waals surface area (Å²) in [6.07, 6.45) is 2.23. The van der Waals surface area contributed by atoms with Crippen molar-refractivity contribution in [2.75, 3.05) is 26.9 Å². The molecule has 0 aliphatic carbocycles. The average Bonchev–Trinajstić information content (AvgIpc) is 2.89. The summed E-state index contributed by atoms with van der Waals surface area (Å²) in [6.45, 7) is 5.76. The van der Waals surface area contributed by atoms with Gasteiger partial charge in [-0.05, 0) is 42.9 Å². The molecule has 2 saturated heterocycles. The smallest absolute Gasteiger partial charge is 0.324 e. The van der Waals surface area contributed by atoms with Gasteiger partial charge in [0.2, 0.25) is 0 Å². The molecule has 1 aromatic rings. The highest BCUT2D eigenvalue weighted by molar-refractivity contribution is 6.04. The van der Waals surface area contributed by atoms with Crippen molar-refractivity contribution in [2.45, 2.75) is 44.6 Å². The van der Waals surface area contributed by atoms with E-state index in [0.29, 0.717) is 32.1 Å². The maximum atomic E-state index is 12.8. The number of hydrogen-bond donors (Lipinski definition) is 1. The molecule has 3 amide bonds. The van der Waals surface area contributed by atoms with Gasteiger partial charge in [0.25, 0.3) is 5.91 Å². The van der Waals surface area contributed by atoms with Gasteiger partial charge in [-0.1, -0.05) is 26.0 Å². The van der Waals surface area contributed by atoms with Crippen LogP contribution >= 0.6 is 0 Å². The van der Waals surface area contributed by atoms with Crippen molar-refractivity contribution in [3.63, 3.8) is 0 Å². The number of carbonyl (C=O) groups excluding carboxylic acids is 2. The maximum Gasteiger partial charge on any atom is 0.324 e. The van der Waals surface area contributed by atoms with Crippen molar-refractivity contribution in [1.82, 2.24) is 10.2 Å². The average molecular weight is 360 g/mol. The van der Waals surface area contributed by atoms with Crippen LogP contribution in [0.3, 0.4) is 0 Å². The topological polar surface area (TPSA) is 67.9 Å².